The second-order valence-electron chi connectivity index (χ2n) is 4.73. The van der Waals surface area contributed by atoms with Gasteiger partial charge in [-0.3, -0.25) is 4.79 Å². The summed E-state index contributed by atoms with van der Waals surface area (Å²) in [5, 5.41) is 9.07. The molecule has 0 spiro atoms. The highest BCUT2D eigenvalue weighted by Gasteiger charge is 2.51. The molecule has 5 nitrogen and oxygen atoms in total. The quantitative estimate of drug-likeness (QED) is 0.914. The highest BCUT2D eigenvalue weighted by molar-refractivity contribution is 7.89. The first-order valence-electron chi connectivity index (χ1n) is 6.01. The molecule has 0 radical (unpaired) electrons. The van der Waals surface area contributed by atoms with Gasteiger partial charge in [0.05, 0.1) is 11.4 Å². The standard InChI is InChI=1S/C12H12ClF2NO4S/c13-8-1-3-9(4-2-8)21(19,20)16-6-5-10(11(17)18)12(14,15)7-16/h1-4,10H,5-7H2,(H,17,18). The predicted octanol–water partition coefficient (Wildman–Crippen LogP) is 2.07. The molecule has 9 heteroatoms. The number of carboxylic acids is 1. The van der Waals surface area contributed by atoms with Crippen molar-refractivity contribution in [1.29, 1.82) is 0 Å². The summed E-state index contributed by atoms with van der Waals surface area (Å²) in [5.41, 5.74) is 0. The summed E-state index contributed by atoms with van der Waals surface area (Å²) in [5.74, 6) is -7.10. The number of aliphatic carboxylic acids is 1. The summed E-state index contributed by atoms with van der Waals surface area (Å²) in [7, 11) is -4.10. The van der Waals surface area contributed by atoms with Gasteiger partial charge in [0.25, 0.3) is 5.92 Å². The Hall–Kier alpha value is -1.25. The van der Waals surface area contributed by atoms with Crippen LogP contribution in [0, 0.1) is 5.92 Å². The SMILES string of the molecule is O=C(O)C1CCN(S(=O)(=O)c2ccc(Cl)cc2)CC1(F)F. The van der Waals surface area contributed by atoms with Crippen molar-refractivity contribution in [3.63, 3.8) is 0 Å². The number of carbonyl (C=O) groups is 1. The number of sulfonamides is 1. The van der Waals surface area contributed by atoms with E-state index in [0.29, 0.717) is 9.33 Å². The molecule has 1 heterocycles. The normalized spacial score (nSPS) is 22.9. The molecule has 0 aliphatic carbocycles. The lowest BCUT2D eigenvalue weighted by atomic mass is 9.94. The Morgan fingerprint density at radius 3 is 2.38 bits per heavy atom. The van der Waals surface area contributed by atoms with E-state index in [1.54, 1.807) is 0 Å². The van der Waals surface area contributed by atoms with E-state index >= 15 is 0 Å². The fourth-order valence-electron chi connectivity index (χ4n) is 2.17. The van der Waals surface area contributed by atoms with Crippen LogP contribution in [0.1, 0.15) is 6.42 Å². The topological polar surface area (TPSA) is 74.7 Å². The van der Waals surface area contributed by atoms with E-state index in [9.17, 15) is 22.0 Å². The fourth-order valence-corrected chi connectivity index (χ4v) is 3.77. The first-order valence-corrected chi connectivity index (χ1v) is 7.83. The van der Waals surface area contributed by atoms with Crippen LogP contribution < -0.4 is 0 Å². The zero-order valence-electron chi connectivity index (χ0n) is 10.7. The van der Waals surface area contributed by atoms with Crippen LogP contribution in [-0.4, -0.2) is 42.8 Å². The van der Waals surface area contributed by atoms with Gasteiger partial charge in [0.2, 0.25) is 10.0 Å². The van der Waals surface area contributed by atoms with E-state index in [1.807, 2.05) is 0 Å². The number of alkyl halides is 2. The molecule has 0 saturated carbocycles. The van der Waals surface area contributed by atoms with E-state index < -0.39 is 40.8 Å². The maximum atomic E-state index is 13.8. The van der Waals surface area contributed by atoms with E-state index in [2.05, 4.69) is 0 Å². The molecule has 0 amide bonds. The summed E-state index contributed by atoms with van der Waals surface area (Å²) in [4.78, 5) is 10.6. The average Bonchev–Trinajstić information content (AvgIpc) is 2.37. The van der Waals surface area contributed by atoms with Crippen LogP contribution in [0.3, 0.4) is 0 Å². The molecule has 116 valence electrons. The number of piperidine rings is 1. The Morgan fingerprint density at radius 2 is 1.90 bits per heavy atom. The van der Waals surface area contributed by atoms with Gasteiger partial charge in [-0.25, -0.2) is 17.2 Å². The van der Waals surface area contributed by atoms with Crippen molar-refractivity contribution in [2.75, 3.05) is 13.1 Å². The van der Waals surface area contributed by atoms with Crippen molar-refractivity contribution < 1.29 is 27.1 Å². The maximum Gasteiger partial charge on any atom is 0.312 e. The number of hydrogen-bond donors (Lipinski definition) is 1. The Morgan fingerprint density at radius 1 is 1.33 bits per heavy atom. The smallest absolute Gasteiger partial charge is 0.312 e. The molecule has 1 fully saturated rings. The molecule has 1 saturated heterocycles. The van der Waals surface area contributed by atoms with Crippen molar-refractivity contribution in [2.45, 2.75) is 17.2 Å². The molecule has 1 aromatic carbocycles. The van der Waals surface area contributed by atoms with Gasteiger partial charge in [0.15, 0.2) is 0 Å². The van der Waals surface area contributed by atoms with Crippen molar-refractivity contribution in [1.82, 2.24) is 4.31 Å². The Balaban J connectivity index is 2.27. The lowest BCUT2D eigenvalue weighted by molar-refractivity contribution is -0.163. The van der Waals surface area contributed by atoms with Crippen LogP contribution in [0.15, 0.2) is 29.2 Å². The molecule has 1 aromatic rings. The molecule has 1 N–H and O–H groups in total. The van der Waals surface area contributed by atoms with Gasteiger partial charge in [-0.2, -0.15) is 4.31 Å². The molecule has 1 aliphatic rings. The van der Waals surface area contributed by atoms with Crippen LogP contribution in [0.25, 0.3) is 0 Å². The van der Waals surface area contributed by atoms with Crippen LogP contribution in [0.5, 0.6) is 0 Å². The number of halogens is 3. The maximum absolute atomic E-state index is 13.8. The number of nitrogens with zero attached hydrogens (tertiary/aromatic N) is 1. The molecule has 0 aromatic heterocycles. The van der Waals surface area contributed by atoms with Crippen molar-refractivity contribution in [3.05, 3.63) is 29.3 Å². The molecule has 1 unspecified atom stereocenters. The van der Waals surface area contributed by atoms with Crippen molar-refractivity contribution >= 4 is 27.6 Å². The largest absolute Gasteiger partial charge is 0.481 e. The second-order valence-corrected chi connectivity index (χ2v) is 7.11. The molecule has 2 rings (SSSR count). The van der Waals surface area contributed by atoms with Crippen LogP contribution >= 0.6 is 11.6 Å². The zero-order valence-corrected chi connectivity index (χ0v) is 12.2. The molecule has 0 bridgehead atoms. The van der Waals surface area contributed by atoms with Crippen molar-refractivity contribution in [3.8, 4) is 0 Å². The van der Waals surface area contributed by atoms with Crippen LogP contribution in [-0.2, 0) is 14.8 Å². The van der Waals surface area contributed by atoms with Crippen LogP contribution in [0.2, 0.25) is 5.02 Å². The number of rotatable bonds is 3. The minimum absolute atomic E-state index is 0.156. The lowest BCUT2D eigenvalue weighted by Crippen LogP contribution is -2.52. The van der Waals surface area contributed by atoms with E-state index in [4.69, 9.17) is 16.7 Å². The molecule has 1 atom stereocenters. The first-order chi connectivity index (χ1) is 9.64. The zero-order chi connectivity index (χ0) is 15.8. The molecule has 1 aliphatic heterocycles. The Bertz CT molecular complexity index is 648. The minimum atomic E-state index is -4.10. The minimum Gasteiger partial charge on any atom is -0.481 e. The van der Waals surface area contributed by atoms with E-state index in [-0.39, 0.29) is 11.4 Å². The summed E-state index contributed by atoms with van der Waals surface area (Å²) in [6.07, 6.45) is -0.435. The number of hydrogen-bond acceptors (Lipinski definition) is 3. The Labute approximate surface area is 125 Å². The number of carboxylic acid groups (broad SMARTS) is 1. The molecular weight excluding hydrogens is 328 g/mol. The van der Waals surface area contributed by atoms with Gasteiger partial charge >= 0.3 is 5.97 Å². The van der Waals surface area contributed by atoms with Gasteiger partial charge in [-0.05, 0) is 30.7 Å². The third-order valence-electron chi connectivity index (χ3n) is 3.31. The predicted molar refractivity (Wildman–Crippen MR) is 70.9 cm³/mol. The van der Waals surface area contributed by atoms with Crippen LogP contribution in [0.4, 0.5) is 8.78 Å². The second kappa shape index (κ2) is 5.51. The average molecular weight is 340 g/mol. The Kier molecular flexibility index (Phi) is 4.23. The van der Waals surface area contributed by atoms with Gasteiger partial charge in [-0.15, -0.1) is 0 Å². The molecular formula is C12H12ClF2NO4S. The summed E-state index contributed by atoms with van der Waals surface area (Å²) < 4.78 is 52.7. The molecule has 21 heavy (non-hydrogen) atoms. The summed E-state index contributed by atoms with van der Waals surface area (Å²) in [6, 6.07) is 5.13. The first kappa shape index (κ1) is 16.1. The lowest BCUT2D eigenvalue weighted by Gasteiger charge is -2.35. The van der Waals surface area contributed by atoms with Gasteiger partial charge in [0.1, 0.15) is 5.92 Å². The summed E-state index contributed by atoms with van der Waals surface area (Å²) in [6.45, 7) is -1.41. The number of benzene rings is 1. The third kappa shape index (κ3) is 3.17. The van der Waals surface area contributed by atoms with Crippen molar-refractivity contribution in [2.24, 2.45) is 5.92 Å². The highest BCUT2D eigenvalue weighted by atomic mass is 35.5. The van der Waals surface area contributed by atoms with E-state index in [0.717, 1.165) is 0 Å². The van der Waals surface area contributed by atoms with E-state index in [1.165, 1.54) is 24.3 Å². The highest BCUT2D eigenvalue weighted by Crippen LogP contribution is 2.35. The summed E-state index contributed by atoms with van der Waals surface area (Å²) >= 11 is 5.65. The third-order valence-corrected chi connectivity index (χ3v) is 5.43. The fraction of sp³-hybridized carbons (Fsp3) is 0.417. The van der Waals surface area contributed by atoms with Gasteiger partial charge in [0, 0.05) is 11.6 Å². The monoisotopic (exact) mass is 339 g/mol. The van der Waals surface area contributed by atoms with Gasteiger partial charge < -0.3 is 5.11 Å². The van der Waals surface area contributed by atoms with Gasteiger partial charge in [-0.1, -0.05) is 11.6 Å².